The lowest BCUT2D eigenvalue weighted by Crippen LogP contribution is -2.24. The molecule has 1 fully saturated rings. The van der Waals surface area contributed by atoms with E-state index in [1.807, 2.05) is 13.8 Å². The average Bonchev–Trinajstić information content (AvgIpc) is 2.73. The van der Waals surface area contributed by atoms with E-state index in [-0.39, 0.29) is 30.0 Å². The maximum absolute atomic E-state index is 11.1. The van der Waals surface area contributed by atoms with Gasteiger partial charge in [-0.05, 0) is 13.8 Å². The first-order chi connectivity index (χ1) is 9.06. The van der Waals surface area contributed by atoms with Gasteiger partial charge in [-0.3, -0.25) is 10.2 Å². The third-order valence-electron chi connectivity index (χ3n) is 2.40. The largest absolute Gasteiger partial charge is 0.461 e. The van der Waals surface area contributed by atoms with Crippen LogP contribution in [-0.4, -0.2) is 39.5 Å². The molecule has 1 aromatic heterocycles. The van der Waals surface area contributed by atoms with Crippen LogP contribution in [0.25, 0.3) is 0 Å². The number of carbonyl (C=O) groups is 1. The maximum Gasteiger partial charge on any atom is 0.323 e. The number of anilines is 2. The Bertz CT molecular complexity index is 465. The van der Waals surface area contributed by atoms with Gasteiger partial charge in [-0.15, -0.1) is 0 Å². The molecule has 0 aliphatic carbocycles. The molecular weight excluding hydrogens is 250 g/mol. The molecule has 104 valence electrons. The Morgan fingerprint density at radius 1 is 1.37 bits per heavy atom. The van der Waals surface area contributed by atoms with Gasteiger partial charge in [0.25, 0.3) is 0 Å². The zero-order chi connectivity index (χ0) is 13.8. The summed E-state index contributed by atoms with van der Waals surface area (Å²) >= 11 is 0. The number of rotatable bonds is 5. The molecule has 5 N–H and O–H groups in total. The number of nitrogens with zero attached hydrogens (tertiary/aromatic N) is 3. The molecule has 1 aromatic rings. The van der Waals surface area contributed by atoms with Crippen molar-refractivity contribution in [2.75, 3.05) is 17.3 Å². The van der Waals surface area contributed by atoms with Crippen molar-refractivity contribution >= 4 is 17.8 Å². The standard InChI is InChI=1S/C10H17N7O2/c1-5(2)19-10-15-8(14-9(16-10)17-11)13-6-3-7(18)12-4-6/h5-6H,3-4,11H2,1-2H3,(H,12,18)(H2,13,14,15,16,17). The van der Waals surface area contributed by atoms with Crippen LogP contribution in [0.3, 0.4) is 0 Å². The van der Waals surface area contributed by atoms with Gasteiger partial charge < -0.3 is 15.4 Å². The molecule has 0 bridgehead atoms. The van der Waals surface area contributed by atoms with Crippen molar-refractivity contribution in [3.63, 3.8) is 0 Å². The minimum absolute atomic E-state index is 0.00221. The summed E-state index contributed by atoms with van der Waals surface area (Å²) in [6.07, 6.45) is 0.327. The molecule has 0 saturated carbocycles. The number of aromatic nitrogens is 3. The Morgan fingerprint density at radius 3 is 2.68 bits per heavy atom. The molecule has 0 spiro atoms. The van der Waals surface area contributed by atoms with Crippen molar-refractivity contribution in [2.45, 2.75) is 32.4 Å². The monoisotopic (exact) mass is 267 g/mol. The Balaban J connectivity index is 2.12. The first-order valence-corrected chi connectivity index (χ1v) is 5.99. The van der Waals surface area contributed by atoms with Crippen molar-refractivity contribution in [3.8, 4) is 6.01 Å². The summed E-state index contributed by atoms with van der Waals surface area (Å²) in [5.74, 6) is 5.82. The molecular formula is C10H17N7O2. The number of hydrazine groups is 1. The third kappa shape index (κ3) is 3.65. The second-order valence-electron chi connectivity index (χ2n) is 4.43. The molecule has 2 rings (SSSR count). The van der Waals surface area contributed by atoms with Crippen molar-refractivity contribution < 1.29 is 9.53 Å². The van der Waals surface area contributed by atoms with Crippen LogP contribution < -0.4 is 26.6 Å². The SMILES string of the molecule is CC(C)Oc1nc(NN)nc(NC2CNC(=O)C2)n1. The van der Waals surface area contributed by atoms with Gasteiger partial charge in [0, 0.05) is 13.0 Å². The number of nitrogens with two attached hydrogens (primary N) is 1. The maximum atomic E-state index is 11.1. The van der Waals surface area contributed by atoms with Gasteiger partial charge in [-0.2, -0.15) is 15.0 Å². The van der Waals surface area contributed by atoms with E-state index in [0.717, 1.165) is 0 Å². The van der Waals surface area contributed by atoms with E-state index in [4.69, 9.17) is 10.6 Å². The van der Waals surface area contributed by atoms with Gasteiger partial charge in [-0.25, -0.2) is 5.84 Å². The van der Waals surface area contributed by atoms with Crippen molar-refractivity contribution in [2.24, 2.45) is 5.84 Å². The Hall–Kier alpha value is -2.16. The van der Waals surface area contributed by atoms with Gasteiger partial charge >= 0.3 is 6.01 Å². The van der Waals surface area contributed by atoms with Gasteiger partial charge in [-0.1, -0.05) is 0 Å². The molecule has 2 heterocycles. The summed E-state index contributed by atoms with van der Waals surface area (Å²) in [5.41, 5.74) is 2.35. The first-order valence-electron chi connectivity index (χ1n) is 5.99. The lowest BCUT2D eigenvalue weighted by Gasteiger charge is -2.13. The number of ether oxygens (including phenoxy) is 1. The zero-order valence-corrected chi connectivity index (χ0v) is 10.8. The Labute approximate surface area is 110 Å². The number of amides is 1. The predicted octanol–water partition coefficient (Wildman–Crippen LogP) is -0.755. The van der Waals surface area contributed by atoms with E-state index in [2.05, 4.69) is 31.0 Å². The van der Waals surface area contributed by atoms with Gasteiger partial charge in [0.15, 0.2) is 0 Å². The van der Waals surface area contributed by atoms with Crippen molar-refractivity contribution in [3.05, 3.63) is 0 Å². The van der Waals surface area contributed by atoms with Crippen LogP contribution in [0.15, 0.2) is 0 Å². The highest BCUT2D eigenvalue weighted by molar-refractivity contribution is 5.79. The van der Waals surface area contributed by atoms with E-state index in [1.54, 1.807) is 0 Å². The lowest BCUT2D eigenvalue weighted by atomic mass is 10.3. The fourth-order valence-electron chi connectivity index (χ4n) is 1.64. The molecule has 1 atom stereocenters. The molecule has 9 heteroatoms. The molecule has 19 heavy (non-hydrogen) atoms. The molecule has 1 amide bonds. The topological polar surface area (TPSA) is 127 Å². The van der Waals surface area contributed by atoms with E-state index < -0.39 is 0 Å². The quantitative estimate of drug-likeness (QED) is 0.405. The van der Waals surface area contributed by atoms with E-state index in [0.29, 0.717) is 18.9 Å². The van der Waals surface area contributed by atoms with Crippen LogP contribution in [0.4, 0.5) is 11.9 Å². The Kier molecular flexibility index (Phi) is 3.95. The van der Waals surface area contributed by atoms with Crippen LogP contribution in [0.1, 0.15) is 20.3 Å². The molecule has 9 nitrogen and oxygen atoms in total. The molecule has 0 radical (unpaired) electrons. The highest BCUT2D eigenvalue weighted by Crippen LogP contribution is 2.14. The highest BCUT2D eigenvalue weighted by Gasteiger charge is 2.22. The fourth-order valence-corrected chi connectivity index (χ4v) is 1.64. The van der Waals surface area contributed by atoms with Crippen LogP contribution in [0, 0.1) is 0 Å². The second-order valence-corrected chi connectivity index (χ2v) is 4.43. The minimum Gasteiger partial charge on any atom is -0.461 e. The lowest BCUT2D eigenvalue weighted by molar-refractivity contribution is -0.119. The van der Waals surface area contributed by atoms with Crippen LogP contribution in [0.5, 0.6) is 6.01 Å². The number of nitrogen functional groups attached to an aromatic ring is 1. The van der Waals surface area contributed by atoms with Crippen LogP contribution in [-0.2, 0) is 4.79 Å². The normalized spacial score (nSPS) is 18.3. The number of carbonyl (C=O) groups excluding carboxylic acids is 1. The van der Waals surface area contributed by atoms with E-state index in [1.165, 1.54) is 0 Å². The highest BCUT2D eigenvalue weighted by atomic mass is 16.5. The predicted molar refractivity (Wildman–Crippen MR) is 68.4 cm³/mol. The summed E-state index contributed by atoms with van der Waals surface area (Å²) in [7, 11) is 0. The Morgan fingerprint density at radius 2 is 2.11 bits per heavy atom. The molecule has 1 aliphatic heterocycles. The summed E-state index contributed by atoms with van der Waals surface area (Å²) < 4.78 is 5.40. The first kappa shape index (κ1) is 13.3. The number of hydrogen-bond acceptors (Lipinski definition) is 8. The van der Waals surface area contributed by atoms with Gasteiger partial charge in [0.1, 0.15) is 0 Å². The summed E-state index contributed by atoms with van der Waals surface area (Å²) in [6, 6.07) is 0.130. The number of hydrogen-bond donors (Lipinski definition) is 4. The molecule has 1 saturated heterocycles. The van der Waals surface area contributed by atoms with Gasteiger partial charge in [0.05, 0.1) is 12.1 Å². The third-order valence-corrected chi connectivity index (χ3v) is 2.40. The zero-order valence-electron chi connectivity index (χ0n) is 10.8. The van der Waals surface area contributed by atoms with E-state index >= 15 is 0 Å². The van der Waals surface area contributed by atoms with Gasteiger partial charge in [0.2, 0.25) is 17.8 Å². The summed E-state index contributed by atoms with van der Waals surface area (Å²) in [6.45, 7) is 4.27. The molecule has 1 unspecified atom stereocenters. The smallest absolute Gasteiger partial charge is 0.323 e. The van der Waals surface area contributed by atoms with Crippen molar-refractivity contribution in [1.82, 2.24) is 20.3 Å². The molecule has 1 aliphatic rings. The van der Waals surface area contributed by atoms with E-state index in [9.17, 15) is 4.79 Å². The number of nitrogens with one attached hydrogen (secondary N) is 3. The average molecular weight is 267 g/mol. The fraction of sp³-hybridized carbons (Fsp3) is 0.600. The second kappa shape index (κ2) is 5.65. The summed E-state index contributed by atoms with van der Waals surface area (Å²) in [4.78, 5) is 23.3. The van der Waals surface area contributed by atoms with Crippen molar-refractivity contribution in [1.29, 1.82) is 0 Å². The van der Waals surface area contributed by atoms with Crippen LogP contribution in [0.2, 0.25) is 0 Å². The van der Waals surface area contributed by atoms with Crippen LogP contribution >= 0.6 is 0 Å². The minimum atomic E-state index is -0.0596. The summed E-state index contributed by atoms with van der Waals surface area (Å²) in [5, 5.41) is 5.76. The molecule has 0 aromatic carbocycles.